The lowest BCUT2D eigenvalue weighted by atomic mass is 10.1. The van der Waals surface area contributed by atoms with Gasteiger partial charge in [-0.15, -0.1) is 0 Å². The van der Waals surface area contributed by atoms with E-state index in [1.165, 1.54) is 24.4 Å². The molecule has 1 aromatic heterocycles. The molecule has 1 aromatic rings. The van der Waals surface area contributed by atoms with Crippen LogP contribution in [0.2, 0.25) is 0 Å². The van der Waals surface area contributed by atoms with Gasteiger partial charge in [-0.1, -0.05) is 6.92 Å². The van der Waals surface area contributed by atoms with Crippen LogP contribution in [0.15, 0.2) is 4.90 Å². The quantitative estimate of drug-likeness (QED) is 0.852. The number of anilines is 2. The van der Waals surface area contributed by atoms with E-state index in [1.54, 1.807) is 0 Å². The summed E-state index contributed by atoms with van der Waals surface area (Å²) < 4.78 is 28.8. The maximum atomic E-state index is 12.4. The first-order valence-electron chi connectivity index (χ1n) is 7.51. The molecule has 3 heterocycles. The minimum absolute atomic E-state index is 0.116. The van der Waals surface area contributed by atoms with E-state index < -0.39 is 9.84 Å². The van der Waals surface area contributed by atoms with Gasteiger partial charge in [-0.25, -0.2) is 8.42 Å². The Kier molecular flexibility index (Phi) is 4.11. The number of rotatable bonds is 5. The third-order valence-electron chi connectivity index (χ3n) is 4.38. The zero-order valence-electron chi connectivity index (χ0n) is 12.2. The van der Waals surface area contributed by atoms with Gasteiger partial charge in [-0.2, -0.15) is 4.37 Å². The van der Waals surface area contributed by atoms with E-state index in [0.29, 0.717) is 23.5 Å². The molecule has 118 valence electrons. The Bertz CT molecular complexity index is 614. The summed E-state index contributed by atoms with van der Waals surface area (Å²) in [6.07, 6.45) is 4.05. The molecule has 0 saturated carbocycles. The number of hydrogen-bond donors (Lipinski definition) is 2. The Morgan fingerprint density at radius 2 is 2.24 bits per heavy atom. The summed E-state index contributed by atoms with van der Waals surface area (Å²) in [4.78, 5) is 2.70. The van der Waals surface area contributed by atoms with Crippen LogP contribution >= 0.6 is 11.5 Å². The minimum atomic E-state index is -3.35. The van der Waals surface area contributed by atoms with Crippen LogP contribution < -0.4 is 11.1 Å². The molecule has 0 aromatic carbocycles. The predicted molar refractivity (Wildman–Crippen MR) is 85.5 cm³/mol. The molecule has 2 atom stereocenters. The molecule has 2 unspecified atom stereocenters. The molecule has 21 heavy (non-hydrogen) atoms. The third-order valence-corrected chi connectivity index (χ3v) is 7.28. The van der Waals surface area contributed by atoms with Gasteiger partial charge >= 0.3 is 0 Å². The molecule has 0 radical (unpaired) electrons. The summed E-state index contributed by atoms with van der Waals surface area (Å²) in [5.41, 5.74) is 5.81. The molecule has 6 nitrogen and oxygen atoms in total. The summed E-state index contributed by atoms with van der Waals surface area (Å²) >= 11 is 1.17. The lowest BCUT2D eigenvalue weighted by Gasteiger charge is -2.21. The number of hydrogen-bond acceptors (Lipinski definition) is 7. The van der Waals surface area contributed by atoms with Crippen molar-refractivity contribution in [1.82, 2.24) is 9.27 Å². The first kappa shape index (κ1) is 15.1. The van der Waals surface area contributed by atoms with E-state index in [1.807, 2.05) is 6.92 Å². The van der Waals surface area contributed by atoms with Crippen LogP contribution in [-0.4, -0.2) is 48.6 Å². The zero-order chi connectivity index (χ0) is 15.0. The fourth-order valence-electron chi connectivity index (χ4n) is 3.48. The average molecular weight is 330 g/mol. The highest BCUT2D eigenvalue weighted by Crippen LogP contribution is 2.36. The fourth-order valence-corrected chi connectivity index (χ4v) is 6.15. The molecule has 2 aliphatic rings. The third kappa shape index (κ3) is 2.76. The van der Waals surface area contributed by atoms with Gasteiger partial charge in [-0.05, 0) is 43.8 Å². The Hall–Kier alpha value is -0.860. The molecule has 0 aliphatic carbocycles. The second-order valence-electron chi connectivity index (χ2n) is 5.83. The Balaban J connectivity index is 1.84. The van der Waals surface area contributed by atoms with Gasteiger partial charge in [0.05, 0.1) is 5.75 Å². The molecule has 2 saturated heterocycles. The first-order valence-corrected chi connectivity index (χ1v) is 9.94. The van der Waals surface area contributed by atoms with Crippen LogP contribution in [0.25, 0.3) is 0 Å². The number of nitrogen functional groups attached to an aromatic ring is 1. The van der Waals surface area contributed by atoms with Gasteiger partial charge < -0.3 is 11.1 Å². The number of sulfone groups is 1. The molecule has 0 amide bonds. The highest BCUT2D eigenvalue weighted by atomic mass is 32.2. The Morgan fingerprint density at radius 1 is 1.43 bits per heavy atom. The molecule has 8 heteroatoms. The van der Waals surface area contributed by atoms with Gasteiger partial charge in [0.1, 0.15) is 9.90 Å². The lowest BCUT2D eigenvalue weighted by molar-refractivity contribution is 0.318. The maximum Gasteiger partial charge on any atom is 0.185 e. The van der Waals surface area contributed by atoms with Crippen molar-refractivity contribution in [3.63, 3.8) is 0 Å². The van der Waals surface area contributed by atoms with E-state index in [9.17, 15) is 8.42 Å². The van der Waals surface area contributed by atoms with Gasteiger partial charge in [0.15, 0.2) is 15.7 Å². The van der Waals surface area contributed by atoms with Crippen LogP contribution in [0.4, 0.5) is 10.8 Å². The van der Waals surface area contributed by atoms with Crippen molar-refractivity contribution in [3.05, 3.63) is 0 Å². The SMILES string of the molecule is CCCS(=O)(=O)c1c(N)nsc1NC1CCN2CCCC12. The fraction of sp³-hybridized carbons (Fsp3) is 0.769. The van der Waals surface area contributed by atoms with E-state index in [4.69, 9.17) is 5.73 Å². The molecule has 3 N–H and O–H groups in total. The van der Waals surface area contributed by atoms with Gasteiger partial charge in [0.2, 0.25) is 0 Å². The summed E-state index contributed by atoms with van der Waals surface area (Å²) in [6.45, 7) is 4.11. The Morgan fingerprint density at radius 3 is 3.00 bits per heavy atom. The maximum absolute atomic E-state index is 12.4. The number of nitrogens with one attached hydrogen (secondary N) is 1. The van der Waals surface area contributed by atoms with E-state index in [-0.39, 0.29) is 16.5 Å². The topological polar surface area (TPSA) is 88.3 Å². The highest BCUT2D eigenvalue weighted by molar-refractivity contribution is 7.91. The van der Waals surface area contributed by atoms with Gasteiger partial charge in [-0.3, -0.25) is 4.90 Å². The molecule has 3 rings (SSSR count). The number of aromatic nitrogens is 1. The smallest absolute Gasteiger partial charge is 0.185 e. The molecule has 0 spiro atoms. The van der Waals surface area contributed by atoms with Gasteiger partial charge in [0, 0.05) is 18.6 Å². The molecule has 2 fully saturated rings. The second-order valence-corrected chi connectivity index (χ2v) is 8.65. The summed E-state index contributed by atoms with van der Waals surface area (Å²) in [5, 5.41) is 4.05. The van der Waals surface area contributed by atoms with Crippen LogP contribution in [0.5, 0.6) is 0 Å². The normalized spacial score (nSPS) is 26.1. The van der Waals surface area contributed by atoms with Gasteiger partial charge in [0.25, 0.3) is 0 Å². The predicted octanol–water partition coefficient (Wildman–Crippen LogP) is 1.56. The first-order chi connectivity index (χ1) is 10.0. The van der Waals surface area contributed by atoms with Crippen molar-refractivity contribution >= 4 is 32.2 Å². The largest absolute Gasteiger partial charge is 0.382 e. The Labute approximate surface area is 129 Å². The van der Waals surface area contributed by atoms with E-state index >= 15 is 0 Å². The van der Waals surface area contributed by atoms with Crippen molar-refractivity contribution < 1.29 is 8.42 Å². The summed E-state index contributed by atoms with van der Waals surface area (Å²) in [7, 11) is -3.35. The monoisotopic (exact) mass is 330 g/mol. The van der Waals surface area contributed by atoms with Crippen LogP contribution in [0.1, 0.15) is 32.6 Å². The van der Waals surface area contributed by atoms with E-state index in [2.05, 4.69) is 14.6 Å². The molecule has 2 aliphatic heterocycles. The average Bonchev–Trinajstić information content (AvgIpc) is 3.07. The molecular formula is C13H22N4O2S2. The van der Waals surface area contributed by atoms with E-state index in [0.717, 1.165) is 19.5 Å². The summed E-state index contributed by atoms with van der Waals surface area (Å²) in [5.74, 6) is 0.252. The second kappa shape index (κ2) is 5.73. The molecular weight excluding hydrogens is 308 g/mol. The van der Waals surface area contributed by atoms with Crippen molar-refractivity contribution in [3.8, 4) is 0 Å². The number of fused-ring (bicyclic) bond motifs is 1. The standard InChI is InChI=1S/C13H22N4O2S2/c1-2-8-21(18,19)11-12(14)16-20-13(11)15-9-5-7-17-6-3-4-10(9)17/h9-10,15H,2-8H2,1H3,(H2,14,16). The highest BCUT2D eigenvalue weighted by Gasteiger charge is 2.38. The molecule has 0 bridgehead atoms. The number of nitrogens with two attached hydrogens (primary N) is 1. The van der Waals surface area contributed by atoms with Crippen molar-refractivity contribution in [1.29, 1.82) is 0 Å². The summed E-state index contributed by atoms with van der Waals surface area (Å²) in [6, 6.07) is 0.831. The zero-order valence-corrected chi connectivity index (χ0v) is 13.8. The van der Waals surface area contributed by atoms with Crippen molar-refractivity contribution in [2.45, 2.75) is 49.6 Å². The van der Waals surface area contributed by atoms with Crippen LogP contribution in [-0.2, 0) is 9.84 Å². The lowest BCUT2D eigenvalue weighted by Crippen LogP contribution is -2.33. The van der Waals surface area contributed by atoms with Crippen LogP contribution in [0, 0.1) is 0 Å². The van der Waals surface area contributed by atoms with Crippen LogP contribution in [0.3, 0.4) is 0 Å². The minimum Gasteiger partial charge on any atom is -0.382 e. The number of nitrogens with zero attached hydrogens (tertiary/aromatic N) is 2. The van der Waals surface area contributed by atoms with Crippen molar-refractivity contribution in [2.75, 3.05) is 29.9 Å². The van der Waals surface area contributed by atoms with Crippen molar-refractivity contribution in [2.24, 2.45) is 0 Å².